The number of nitrogens with one attached hydrogen (secondary N) is 3. The first-order valence-electron chi connectivity index (χ1n) is 10.1. The highest BCUT2D eigenvalue weighted by Gasteiger charge is 2.42. The summed E-state index contributed by atoms with van der Waals surface area (Å²) < 4.78 is 13.3. The van der Waals surface area contributed by atoms with Crippen molar-refractivity contribution in [2.75, 3.05) is 23.7 Å². The Kier molecular flexibility index (Phi) is 6.53. The Balaban J connectivity index is 1.91. The summed E-state index contributed by atoms with van der Waals surface area (Å²) in [6.07, 6.45) is 0. The quantitative estimate of drug-likeness (QED) is 0.587. The number of amides is 4. The van der Waals surface area contributed by atoms with Crippen LogP contribution in [0.15, 0.2) is 24.3 Å². The van der Waals surface area contributed by atoms with Gasteiger partial charge in [0.25, 0.3) is 5.91 Å². The van der Waals surface area contributed by atoms with Gasteiger partial charge >= 0.3 is 6.03 Å². The largest absolute Gasteiger partial charge is 0.352 e. The third kappa shape index (κ3) is 4.88. The number of benzene rings is 1. The first-order chi connectivity index (χ1) is 14.8. The van der Waals surface area contributed by atoms with Crippen LogP contribution in [0.25, 0.3) is 0 Å². The second-order valence-electron chi connectivity index (χ2n) is 9.08. The average Bonchev–Trinajstić information content (AvgIpc) is 3.10. The molecule has 2 aromatic rings. The summed E-state index contributed by atoms with van der Waals surface area (Å²) in [4.78, 5) is 40.9. The number of urea groups is 1. The van der Waals surface area contributed by atoms with Crippen LogP contribution in [0.5, 0.6) is 0 Å². The molecule has 172 valence electrons. The maximum Gasteiger partial charge on any atom is 0.324 e. The fourth-order valence-electron chi connectivity index (χ4n) is 3.26. The van der Waals surface area contributed by atoms with Crippen molar-refractivity contribution in [3.8, 4) is 0 Å². The Morgan fingerprint density at radius 1 is 1.22 bits per heavy atom. The lowest BCUT2D eigenvalue weighted by Crippen LogP contribution is -2.63. The van der Waals surface area contributed by atoms with Crippen LogP contribution in [0.1, 0.15) is 49.9 Å². The van der Waals surface area contributed by atoms with E-state index in [0.29, 0.717) is 23.7 Å². The molecule has 1 fully saturated rings. The number of carbonyl (C=O) groups excluding carboxylic acids is 3. The lowest BCUT2D eigenvalue weighted by molar-refractivity contribution is -0.133. The van der Waals surface area contributed by atoms with Crippen LogP contribution in [0.2, 0.25) is 5.02 Å². The van der Waals surface area contributed by atoms with E-state index >= 15 is 0 Å². The van der Waals surface area contributed by atoms with E-state index in [9.17, 15) is 18.8 Å². The van der Waals surface area contributed by atoms with Crippen molar-refractivity contribution in [2.24, 2.45) is 0 Å². The van der Waals surface area contributed by atoms with Gasteiger partial charge in [-0.3, -0.25) is 14.9 Å². The predicted octanol–water partition coefficient (Wildman–Crippen LogP) is 4.83. The molecule has 10 heteroatoms. The fourth-order valence-corrected chi connectivity index (χ4v) is 4.58. The minimum atomic E-state index is -1.03. The van der Waals surface area contributed by atoms with Gasteiger partial charge in [-0.1, -0.05) is 32.4 Å². The monoisotopic (exact) mass is 480 g/mol. The zero-order valence-corrected chi connectivity index (χ0v) is 20.1. The van der Waals surface area contributed by atoms with Crippen molar-refractivity contribution < 1.29 is 18.8 Å². The molecule has 1 aromatic carbocycles. The molecule has 0 bridgehead atoms. The number of hydrogen-bond acceptors (Lipinski definition) is 4. The van der Waals surface area contributed by atoms with Crippen LogP contribution in [0, 0.1) is 5.82 Å². The second-order valence-corrected chi connectivity index (χ2v) is 10.5. The van der Waals surface area contributed by atoms with Crippen molar-refractivity contribution in [2.45, 2.75) is 45.6 Å². The average molecular weight is 481 g/mol. The smallest absolute Gasteiger partial charge is 0.324 e. The second kappa shape index (κ2) is 8.71. The third-order valence-electron chi connectivity index (χ3n) is 5.20. The van der Waals surface area contributed by atoms with Gasteiger partial charge in [-0.25, -0.2) is 9.18 Å². The molecular formula is C22H26ClFN4O3S. The van der Waals surface area contributed by atoms with Gasteiger partial charge in [0.1, 0.15) is 16.4 Å². The van der Waals surface area contributed by atoms with Crippen molar-refractivity contribution in [3.05, 3.63) is 45.5 Å². The summed E-state index contributed by atoms with van der Waals surface area (Å²) in [7, 11) is 0. The highest BCUT2D eigenvalue weighted by molar-refractivity contribution is 7.16. The highest BCUT2D eigenvalue weighted by Crippen LogP contribution is 2.38. The van der Waals surface area contributed by atoms with Gasteiger partial charge in [-0.05, 0) is 43.5 Å². The lowest BCUT2D eigenvalue weighted by atomic mass is 9.93. The molecule has 0 spiro atoms. The number of nitrogens with zero attached hydrogens (tertiary/aromatic N) is 1. The number of hydrogen-bond donors (Lipinski definition) is 3. The van der Waals surface area contributed by atoms with Gasteiger partial charge in [0.15, 0.2) is 0 Å². The molecule has 2 heterocycles. The molecular weight excluding hydrogens is 455 g/mol. The molecule has 0 radical (unpaired) electrons. The van der Waals surface area contributed by atoms with Crippen molar-refractivity contribution in [3.63, 3.8) is 0 Å². The van der Waals surface area contributed by atoms with Gasteiger partial charge in [0.2, 0.25) is 5.91 Å². The van der Waals surface area contributed by atoms with Crippen molar-refractivity contribution in [1.29, 1.82) is 0 Å². The van der Waals surface area contributed by atoms with E-state index in [0.717, 1.165) is 10.9 Å². The van der Waals surface area contributed by atoms with E-state index in [-0.39, 0.29) is 27.9 Å². The number of halogens is 2. The number of rotatable bonds is 3. The fraction of sp³-hybridized carbons (Fsp3) is 0.409. The molecule has 0 saturated carbocycles. The number of carbonyl (C=O) groups is 3. The van der Waals surface area contributed by atoms with Crippen LogP contribution in [0.3, 0.4) is 0 Å². The van der Waals surface area contributed by atoms with Gasteiger partial charge in [0.05, 0.1) is 16.3 Å². The van der Waals surface area contributed by atoms with E-state index < -0.39 is 17.4 Å². The van der Waals surface area contributed by atoms with E-state index in [4.69, 9.17) is 11.6 Å². The first kappa shape index (κ1) is 24.0. The van der Waals surface area contributed by atoms with E-state index in [1.807, 2.05) is 20.8 Å². The summed E-state index contributed by atoms with van der Waals surface area (Å²) in [5.74, 6) is -1.09. The standard InChI is InChI=1S/C22H26ClFN4O3S/c1-21(2,3)16-11-13(18(29)28-9-8-25-19(30)22(28,4)5)17(32-16)27-20(31)26-15-7-6-12(24)10-14(15)23/h6-7,10-11H,8-9H2,1-5H3,(H,25,30)(H2,26,27,31). The molecule has 1 saturated heterocycles. The van der Waals surface area contributed by atoms with Crippen LogP contribution >= 0.6 is 22.9 Å². The molecule has 4 amide bonds. The third-order valence-corrected chi connectivity index (χ3v) is 6.99. The topological polar surface area (TPSA) is 90.5 Å². The Hall–Kier alpha value is -2.65. The summed E-state index contributed by atoms with van der Waals surface area (Å²) >= 11 is 7.28. The zero-order chi connectivity index (χ0) is 23.8. The minimum Gasteiger partial charge on any atom is -0.352 e. The van der Waals surface area contributed by atoms with Crippen LogP contribution in [0.4, 0.5) is 19.9 Å². The lowest BCUT2D eigenvalue weighted by Gasteiger charge is -2.41. The number of anilines is 2. The van der Waals surface area contributed by atoms with Crippen LogP contribution in [-0.4, -0.2) is 41.4 Å². The van der Waals surface area contributed by atoms with Gasteiger partial charge in [0, 0.05) is 18.0 Å². The van der Waals surface area contributed by atoms with Crippen molar-refractivity contribution >= 4 is 51.5 Å². The maximum absolute atomic E-state index is 13.5. The molecule has 7 nitrogen and oxygen atoms in total. The van der Waals surface area contributed by atoms with E-state index in [2.05, 4.69) is 16.0 Å². The molecule has 3 rings (SSSR count). The van der Waals surface area contributed by atoms with Crippen molar-refractivity contribution in [1.82, 2.24) is 10.2 Å². The summed E-state index contributed by atoms with van der Waals surface area (Å²) in [5, 5.41) is 8.48. The predicted molar refractivity (Wildman–Crippen MR) is 125 cm³/mol. The Morgan fingerprint density at radius 3 is 2.53 bits per heavy atom. The SMILES string of the molecule is CC(C)(C)c1cc(C(=O)N2CCNC(=O)C2(C)C)c(NC(=O)Nc2ccc(F)cc2Cl)s1. The minimum absolute atomic E-state index is 0.0547. The van der Waals surface area contributed by atoms with Crippen LogP contribution in [-0.2, 0) is 10.2 Å². The zero-order valence-electron chi connectivity index (χ0n) is 18.6. The Morgan fingerprint density at radius 2 is 1.91 bits per heavy atom. The van der Waals surface area contributed by atoms with Gasteiger partial charge in [-0.2, -0.15) is 0 Å². The molecule has 0 atom stereocenters. The Bertz CT molecular complexity index is 1080. The highest BCUT2D eigenvalue weighted by atomic mass is 35.5. The number of piperazine rings is 1. The molecule has 0 aliphatic carbocycles. The van der Waals surface area contributed by atoms with Gasteiger partial charge in [-0.15, -0.1) is 11.3 Å². The summed E-state index contributed by atoms with van der Waals surface area (Å²) in [5.41, 5.74) is -0.742. The number of thiophene rings is 1. The first-order valence-corrected chi connectivity index (χ1v) is 11.3. The molecule has 3 N–H and O–H groups in total. The van der Waals surface area contributed by atoms with E-state index in [1.54, 1.807) is 19.9 Å². The normalized spacial score (nSPS) is 15.8. The summed E-state index contributed by atoms with van der Waals surface area (Å²) in [6.45, 7) is 10.1. The van der Waals surface area contributed by atoms with E-state index in [1.165, 1.54) is 28.4 Å². The molecule has 0 unspecified atom stereocenters. The molecule has 32 heavy (non-hydrogen) atoms. The van der Waals surface area contributed by atoms with Gasteiger partial charge < -0.3 is 15.5 Å². The molecule has 1 aliphatic rings. The maximum atomic E-state index is 13.5. The van der Waals surface area contributed by atoms with Crippen LogP contribution < -0.4 is 16.0 Å². The Labute approximate surface area is 195 Å². The molecule has 1 aliphatic heterocycles. The summed E-state index contributed by atoms with van der Waals surface area (Å²) in [6, 6.07) is 4.77. The molecule has 1 aromatic heterocycles.